The van der Waals surface area contributed by atoms with E-state index in [1.165, 1.54) is 0 Å². The van der Waals surface area contributed by atoms with Gasteiger partial charge in [0.15, 0.2) is 5.89 Å². The molecule has 122 valence electrons. The summed E-state index contributed by atoms with van der Waals surface area (Å²) in [7, 11) is 0. The Morgan fingerprint density at radius 1 is 1.45 bits per heavy atom. The molecular formula is C16H24N2O4. The van der Waals surface area contributed by atoms with Crippen molar-refractivity contribution in [3.63, 3.8) is 0 Å². The largest absolute Gasteiger partial charge is 0.481 e. The number of aliphatic carboxylic acids is 1. The molecule has 1 aromatic heterocycles. The number of aryl methyl sites for hydroxylation is 1. The van der Waals surface area contributed by atoms with Crippen molar-refractivity contribution in [3.8, 4) is 0 Å². The number of carboxylic acid groups (broad SMARTS) is 1. The van der Waals surface area contributed by atoms with E-state index in [4.69, 9.17) is 4.42 Å². The summed E-state index contributed by atoms with van der Waals surface area (Å²) < 4.78 is 5.66. The van der Waals surface area contributed by atoms with Gasteiger partial charge in [-0.05, 0) is 13.3 Å². The summed E-state index contributed by atoms with van der Waals surface area (Å²) in [5.74, 6) is 0.471. The van der Waals surface area contributed by atoms with Crippen LogP contribution in [0.1, 0.15) is 52.2 Å². The van der Waals surface area contributed by atoms with Crippen LogP contribution in [-0.4, -0.2) is 40.0 Å². The predicted octanol–water partition coefficient (Wildman–Crippen LogP) is 2.23. The number of hydrogen-bond acceptors (Lipinski definition) is 4. The zero-order valence-electron chi connectivity index (χ0n) is 13.7. The van der Waals surface area contributed by atoms with Crippen molar-refractivity contribution in [2.24, 2.45) is 5.41 Å². The van der Waals surface area contributed by atoms with Crippen molar-refractivity contribution in [2.75, 3.05) is 13.1 Å². The smallest absolute Gasteiger partial charge is 0.311 e. The molecule has 1 unspecified atom stereocenters. The second-order valence-corrected chi connectivity index (χ2v) is 7.30. The minimum absolute atomic E-state index is 0.0412. The molecule has 0 spiro atoms. The Morgan fingerprint density at radius 2 is 2.14 bits per heavy atom. The summed E-state index contributed by atoms with van der Waals surface area (Å²) in [6, 6.07) is 0. The van der Waals surface area contributed by atoms with Gasteiger partial charge in [0, 0.05) is 31.3 Å². The first-order valence-electron chi connectivity index (χ1n) is 7.58. The fourth-order valence-electron chi connectivity index (χ4n) is 2.49. The molecule has 1 N–H and O–H groups in total. The van der Waals surface area contributed by atoms with E-state index in [0.717, 1.165) is 5.76 Å². The Bertz CT molecular complexity index is 573. The van der Waals surface area contributed by atoms with Crippen molar-refractivity contribution < 1.29 is 19.1 Å². The van der Waals surface area contributed by atoms with Gasteiger partial charge < -0.3 is 14.4 Å². The molecule has 1 saturated heterocycles. The highest BCUT2D eigenvalue weighted by atomic mass is 16.4. The maximum atomic E-state index is 12.2. The Hall–Kier alpha value is -1.85. The first-order valence-corrected chi connectivity index (χ1v) is 7.58. The molecule has 22 heavy (non-hydrogen) atoms. The fraction of sp³-hybridized carbons (Fsp3) is 0.688. The van der Waals surface area contributed by atoms with Crippen LogP contribution in [0, 0.1) is 5.41 Å². The molecule has 1 aromatic rings. The number of carbonyl (C=O) groups is 2. The molecule has 6 nitrogen and oxygen atoms in total. The molecule has 0 saturated carbocycles. The van der Waals surface area contributed by atoms with Gasteiger partial charge in [0.1, 0.15) is 5.76 Å². The monoisotopic (exact) mass is 308 g/mol. The minimum Gasteiger partial charge on any atom is -0.481 e. The average molecular weight is 308 g/mol. The van der Waals surface area contributed by atoms with E-state index in [2.05, 4.69) is 4.98 Å². The third-order valence-electron chi connectivity index (χ3n) is 4.19. The van der Waals surface area contributed by atoms with Gasteiger partial charge in [-0.3, -0.25) is 9.59 Å². The number of carbonyl (C=O) groups excluding carboxylic acids is 1. The summed E-state index contributed by atoms with van der Waals surface area (Å²) >= 11 is 0. The van der Waals surface area contributed by atoms with Gasteiger partial charge in [0.25, 0.3) is 0 Å². The molecule has 1 amide bonds. The van der Waals surface area contributed by atoms with Crippen LogP contribution in [0.2, 0.25) is 0 Å². The summed E-state index contributed by atoms with van der Waals surface area (Å²) in [5, 5.41) is 9.20. The molecule has 0 aliphatic carbocycles. The second-order valence-electron chi connectivity index (χ2n) is 7.30. The molecule has 1 aliphatic rings. The highest BCUT2D eigenvalue weighted by molar-refractivity contribution is 5.80. The maximum Gasteiger partial charge on any atom is 0.311 e. The number of oxazole rings is 1. The number of hydrogen-bond donors (Lipinski definition) is 1. The van der Waals surface area contributed by atoms with E-state index in [0.29, 0.717) is 31.7 Å². The van der Waals surface area contributed by atoms with Crippen LogP contribution in [-0.2, 0) is 21.4 Å². The number of nitrogens with zero attached hydrogens (tertiary/aromatic N) is 2. The molecule has 1 atom stereocenters. The average Bonchev–Trinajstić information content (AvgIpc) is 3.03. The second kappa shape index (κ2) is 5.74. The summed E-state index contributed by atoms with van der Waals surface area (Å²) in [6.45, 7) is 8.59. The summed E-state index contributed by atoms with van der Waals surface area (Å²) in [5.41, 5.74) is -0.925. The normalized spacial score (nSPS) is 22.1. The molecule has 1 fully saturated rings. The quantitative estimate of drug-likeness (QED) is 0.922. The number of amides is 1. The molecule has 0 bridgehead atoms. The van der Waals surface area contributed by atoms with Crippen molar-refractivity contribution in [3.05, 3.63) is 17.8 Å². The van der Waals surface area contributed by atoms with Gasteiger partial charge in [-0.2, -0.15) is 0 Å². The Morgan fingerprint density at radius 3 is 2.64 bits per heavy atom. The molecule has 2 heterocycles. The lowest BCUT2D eigenvalue weighted by Crippen LogP contribution is -2.34. The van der Waals surface area contributed by atoms with Gasteiger partial charge in [0.05, 0.1) is 11.6 Å². The van der Waals surface area contributed by atoms with Crippen LogP contribution < -0.4 is 0 Å². The van der Waals surface area contributed by atoms with Crippen LogP contribution >= 0.6 is 0 Å². The lowest BCUT2D eigenvalue weighted by molar-refractivity contribution is -0.147. The number of likely N-dealkylation sites (tertiary alicyclic amines) is 1. The maximum absolute atomic E-state index is 12.2. The van der Waals surface area contributed by atoms with E-state index in [1.54, 1.807) is 18.0 Å². The van der Waals surface area contributed by atoms with Crippen LogP contribution in [0.3, 0.4) is 0 Å². The first kappa shape index (κ1) is 16.5. The van der Waals surface area contributed by atoms with E-state index >= 15 is 0 Å². The summed E-state index contributed by atoms with van der Waals surface area (Å²) in [4.78, 5) is 29.2. The van der Waals surface area contributed by atoms with E-state index in [-0.39, 0.29) is 17.9 Å². The van der Waals surface area contributed by atoms with Crippen LogP contribution in [0.15, 0.2) is 10.6 Å². The van der Waals surface area contributed by atoms with Crippen molar-refractivity contribution in [1.29, 1.82) is 0 Å². The van der Waals surface area contributed by atoms with Crippen LogP contribution in [0.25, 0.3) is 0 Å². The number of aromatic nitrogens is 1. The predicted molar refractivity (Wildman–Crippen MR) is 80.5 cm³/mol. The molecule has 1 aliphatic heterocycles. The Balaban J connectivity index is 1.89. The Kier molecular flexibility index (Phi) is 4.31. The highest BCUT2D eigenvalue weighted by Crippen LogP contribution is 2.30. The minimum atomic E-state index is -0.842. The van der Waals surface area contributed by atoms with Crippen molar-refractivity contribution >= 4 is 11.9 Å². The summed E-state index contributed by atoms with van der Waals surface area (Å²) in [6.07, 6.45) is 2.94. The molecule has 6 heteroatoms. The highest BCUT2D eigenvalue weighted by Gasteiger charge is 2.41. The lowest BCUT2D eigenvalue weighted by Gasteiger charge is -2.20. The van der Waals surface area contributed by atoms with E-state index in [9.17, 15) is 14.7 Å². The number of rotatable bonds is 4. The third-order valence-corrected chi connectivity index (χ3v) is 4.19. The van der Waals surface area contributed by atoms with E-state index < -0.39 is 11.4 Å². The molecule has 0 aromatic carbocycles. The number of carboxylic acids is 1. The van der Waals surface area contributed by atoms with Crippen LogP contribution in [0.5, 0.6) is 0 Å². The van der Waals surface area contributed by atoms with E-state index in [1.807, 2.05) is 20.8 Å². The first-order chi connectivity index (χ1) is 10.1. The Labute approximate surface area is 130 Å². The van der Waals surface area contributed by atoms with Gasteiger partial charge >= 0.3 is 5.97 Å². The van der Waals surface area contributed by atoms with Crippen molar-refractivity contribution in [1.82, 2.24) is 9.88 Å². The van der Waals surface area contributed by atoms with Gasteiger partial charge in [0.2, 0.25) is 5.91 Å². The van der Waals surface area contributed by atoms with Gasteiger partial charge in [-0.1, -0.05) is 20.8 Å². The zero-order chi connectivity index (χ0) is 16.5. The van der Waals surface area contributed by atoms with Crippen molar-refractivity contribution in [2.45, 2.75) is 52.4 Å². The third kappa shape index (κ3) is 3.48. The topological polar surface area (TPSA) is 83.6 Å². The standard InChI is InChI=1S/C16H24N2O4/c1-15(2,3)11-9-17-12(22-11)5-6-13(19)18-8-7-16(4,10-18)14(20)21/h9H,5-8,10H2,1-4H3,(H,20,21). The molecule has 2 rings (SSSR count). The van der Waals surface area contributed by atoms with Gasteiger partial charge in [-0.15, -0.1) is 0 Å². The fourth-order valence-corrected chi connectivity index (χ4v) is 2.49. The van der Waals surface area contributed by atoms with Gasteiger partial charge in [-0.25, -0.2) is 4.98 Å². The van der Waals surface area contributed by atoms with Crippen LogP contribution in [0.4, 0.5) is 0 Å². The molecular weight excluding hydrogens is 284 g/mol. The lowest BCUT2D eigenvalue weighted by atomic mass is 9.90. The molecule has 0 radical (unpaired) electrons. The SMILES string of the molecule is CC1(C(=O)O)CCN(C(=O)CCc2ncc(C(C)(C)C)o2)C1. The zero-order valence-corrected chi connectivity index (χ0v) is 13.7.